The monoisotopic (exact) mass is 326 g/mol. The van der Waals surface area contributed by atoms with E-state index in [1.54, 1.807) is 6.07 Å². The van der Waals surface area contributed by atoms with Crippen LogP contribution in [-0.2, 0) is 0 Å². The van der Waals surface area contributed by atoms with Crippen LogP contribution in [0.15, 0.2) is 48.5 Å². The molecule has 0 atom stereocenters. The molecule has 122 valence electrons. The Labute approximate surface area is 138 Å². The van der Waals surface area contributed by atoms with Gasteiger partial charge in [-0.05, 0) is 43.7 Å². The lowest BCUT2D eigenvalue weighted by Crippen LogP contribution is -2.03. The molecule has 0 radical (unpaired) electrons. The van der Waals surface area contributed by atoms with Crippen LogP contribution in [0.1, 0.15) is 11.3 Å². The van der Waals surface area contributed by atoms with Crippen LogP contribution in [0.4, 0.5) is 31.9 Å². The number of benzene rings is 2. The average molecular weight is 326 g/mol. The largest absolute Gasteiger partial charge is 0.340 e. The second-order valence-electron chi connectivity index (χ2n) is 5.47. The Kier molecular flexibility index (Phi) is 4.37. The summed E-state index contributed by atoms with van der Waals surface area (Å²) in [6, 6.07) is 13.2. The average Bonchev–Trinajstić information content (AvgIpc) is 2.50. The Bertz CT molecular complexity index is 881. The van der Waals surface area contributed by atoms with Crippen molar-refractivity contribution in [2.75, 3.05) is 10.6 Å². The van der Waals surface area contributed by atoms with Crippen molar-refractivity contribution < 1.29 is 8.78 Å². The van der Waals surface area contributed by atoms with Crippen molar-refractivity contribution in [3.63, 3.8) is 0 Å². The number of aromatic nitrogens is 2. The lowest BCUT2D eigenvalue weighted by molar-refractivity contribution is 0.509. The van der Waals surface area contributed by atoms with Gasteiger partial charge in [0.2, 0.25) is 5.95 Å². The van der Waals surface area contributed by atoms with E-state index in [0.29, 0.717) is 17.5 Å². The minimum absolute atomic E-state index is 0.302. The number of aryl methyl sites for hydroxylation is 2. The maximum atomic E-state index is 13.3. The van der Waals surface area contributed by atoms with Crippen molar-refractivity contribution in [2.24, 2.45) is 0 Å². The summed E-state index contributed by atoms with van der Waals surface area (Å²) < 4.78 is 26.3. The Hall–Kier alpha value is -3.02. The second-order valence-corrected chi connectivity index (χ2v) is 5.47. The van der Waals surface area contributed by atoms with Crippen molar-refractivity contribution in [1.29, 1.82) is 0 Å². The molecule has 0 aliphatic rings. The Morgan fingerprint density at radius 2 is 1.58 bits per heavy atom. The highest BCUT2D eigenvalue weighted by Gasteiger charge is 2.06. The molecule has 2 N–H and O–H groups in total. The first-order valence-corrected chi connectivity index (χ1v) is 7.41. The molecule has 1 heterocycles. The number of hydrogen-bond acceptors (Lipinski definition) is 4. The molecular formula is C18H16F2N4. The molecule has 0 saturated heterocycles. The first-order chi connectivity index (χ1) is 11.5. The second kappa shape index (κ2) is 6.62. The van der Waals surface area contributed by atoms with E-state index in [0.717, 1.165) is 29.1 Å². The zero-order valence-corrected chi connectivity index (χ0v) is 13.3. The molecule has 0 aliphatic heterocycles. The summed E-state index contributed by atoms with van der Waals surface area (Å²) in [6.07, 6.45) is 0. The molecule has 24 heavy (non-hydrogen) atoms. The summed E-state index contributed by atoms with van der Waals surface area (Å²) in [4.78, 5) is 8.62. The molecule has 3 aromatic rings. The normalized spacial score (nSPS) is 10.5. The van der Waals surface area contributed by atoms with Gasteiger partial charge in [0.15, 0.2) is 11.6 Å². The minimum atomic E-state index is -0.925. The standard InChI is InChI=1S/C18H16F2N4/c1-11-4-3-5-13(8-11)22-17-9-12(2)21-18(24-17)23-14-6-7-15(19)16(20)10-14/h3-10H,1-2H3,(H2,21,22,23,24). The first-order valence-electron chi connectivity index (χ1n) is 7.41. The van der Waals surface area contributed by atoms with E-state index in [4.69, 9.17) is 0 Å². The van der Waals surface area contributed by atoms with E-state index < -0.39 is 11.6 Å². The highest BCUT2D eigenvalue weighted by Crippen LogP contribution is 2.21. The quantitative estimate of drug-likeness (QED) is 0.719. The topological polar surface area (TPSA) is 49.8 Å². The zero-order valence-electron chi connectivity index (χ0n) is 13.3. The van der Waals surface area contributed by atoms with Crippen LogP contribution in [0.3, 0.4) is 0 Å². The molecule has 0 fully saturated rings. The van der Waals surface area contributed by atoms with E-state index in [1.807, 2.05) is 38.1 Å². The molecule has 6 heteroatoms. The SMILES string of the molecule is Cc1cccc(Nc2cc(C)nc(Nc3ccc(F)c(F)c3)n2)c1. The van der Waals surface area contributed by atoms with E-state index in [1.165, 1.54) is 6.07 Å². The Morgan fingerprint density at radius 1 is 0.792 bits per heavy atom. The van der Waals surface area contributed by atoms with E-state index in [2.05, 4.69) is 20.6 Å². The molecule has 0 spiro atoms. The van der Waals surface area contributed by atoms with Crippen molar-refractivity contribution >= 4 is 23.1 Å². The lowest BCUT2D eigenvalue weighted by atomic mass is 10.2. The van der Waals surface area contributed by atoms with Crippen LogP contribution in [0.2, 0.25) is 0 Å². The van der Waals surface area contributed by atoms with Gasteiger partial charge in [0.25, 0.3) is 0 Å². The fraction of sp³-hybridized carbons (Fsp3) is 0.111. The van der Waals surface area contributed by atoms with E-state index in [-0.39, 0.29) is 0 Å². The highest BCUT2D eigenvalue weighted by atomic mass is 19.2. The molecule has 4 nitrogen and oxygen atoms in total. The third-order valence-corrected chi connectivity index (χ3v) is 3.32. The van der Waals surface area contributed by atoms with Gasteiger partial charge in [-0.2, -0.15) is 4.98 Å². The van der Waals surface area contributed by atoms with Crippen LogP contribution in [0.5, 0.6) is 0 Å². The third kappa shape index (κ3) is 3.84. The van der Waals surface area contributed by atoms with Crippen molar-refractivity contribution in [1.82, 2.24) is 9.97 Å². The molecule has 0 saturated carbocycles. The third-order valence-electron chi connectivity index (χ3n) is 3.32. The number of rotatable bonds is 4. The molecule has 0 aliphatic carbocycles. The predicted octanol–water partition coefficient (Wildman–Crippen LogP) is 4.86. The first kappa shape index (κ1) is 15.9. The summed E-state index contributed by atoms with van der Waals surface area (Å²) >= 11 is 0. The smallest absolute Gasteiger partial charge is 0.229 e. The summed E-state index contributed by atoms with van der Waals surface area (Å²) in [6.45, 7) is 3.84. The van der Waals surface area contributed by atoms with Gasteiger partial charge >= 0.3 is 0 Å². The van der Waals surface area contributed by atoms with Gasteiger partial charge in [0.1, 0.15) is 5.82 Å². The van der Waals surface area contributed by atoms with Gasteiger partial charge in [0, 0.05) is 29.2 Å². The van der Waals surface area contributed by atoms with Gasteiger partial charge in [0.05, 0.1) is 0 Å². The number of nitrogens with zero attached hydrogens (tertiary/aromatic N) is 2. The highest BCUT2D eigenvalue weighted by molar-refractivity contribution is 5.60. The number of halogens is 2. The van der Waals surface area contributed by atoms with Crippen LogP contribution in [0.25, 0.3) is 0 Å². The van der Waals surface area contributed by atoms with Crippen LogP contribution in [-0.4, -0.2) is 9.97 Å². The predicted molar refractivity (Wildman–Crippen MR) is 90.9 cm³/mol. The van der Waals surface area contributed by atoms with Crippen molar-refractivity contribution in [3.8, 4) is 0 Å². The Balaban J connectivity index is 1.84. The fourth-order valence-corrected chi connectivity index (χ4v) is 2.26. The number of hydrogen-bond donors (Lipinski definition) is 2. The summed E-state index contributed by atoms with van der Waals surface area (Å²) in [5.41, 5.74) is 3.16. The van der Waals surface area contributed by atoms with Crippen molar-refractivity contribution in [3.05, 3.63) is 71.4 Å². The molecule has 2 aromatic carbocycles. The van der Waals surface area contributed by atoms with E-state index >= 15 is 0 Å². The molecule has 0 bridgehead atoms. The van der Waals surface area contributed by atoms with Gasteiger partial charge < -0.3 is 10.6 Å². The maximum absolute atomic E-state index is 13.3. The maximum Gasteiger partial charge on any atom is 0.229 e. The van der Waals surface area contributed by atoms with Gasteiger partial charge in [-0.25, -0.2) is 13.8 Å². The van der Waals surface area contributed by atoms with Crippen molar-refractivity contribution in [2.45, 2.75) is 13.8 Å². The van der Waals surface area contributed by atoms with Gasteiger partial charge in [-0.15, -0.1) is 0 Å². The fourth-order valence-electron chi connectivity index (χ4n) is 2.26. The van der Waals surface area contributed by atoms with Crippen LogP contribution in [0, 0.1) is 25.5 Å². The number of nitrogens with one attached hydrogen (secondary N) is 2. The summed E-state index contributed by atoms with van der Waals surface area (Å²) in [5.74, 6) is -0.910. The van der Waals surface area contributed by atoms with Gasteiger partial charge in [-0.1, -0.05) is 12.1 Å². The molecule has 0 unspecified atom stereocenters. The minimum Gasteiger partial charge on any atom is -0.340 e. The van der Waals surface area contributed by atoms with Gasteiger partial charge in [-0.3, -0.25) is 0 Å². The van der Waals surface area contributed by atoms with E-state index in [9.17, 15) is 8.78 Å². The molecule has 0 amide bonds. The Morgan fingerprint density at radius 3 is 2.33 bits per heavy atom. The molecule has 1 aromatic heterocycles. The summed E-state index contributed by atoms with van der Waals surface area (Å²) in [7, 11) is 0. The molecular weight excluding hydrogens is 310 g/mol. The van der Waals surface area contributed by atoms with Crippen LogP contribution >= 0.6 is 0 Å². The molecule has 3 rings (SSSR count). The lowest BCUT2D eigenvalue weighted by Gasteiger charge is -2.10. The number of anilines is 4. The zero-order chi connectivity index (χ0) is 17.1. The summed E-state index contributed by atoms with van der Waals surface area (Å²) in [5, 5.41) is 6.09. The van der Waals surface area contributed by atoms with Crippen LogP contribution < -0.4 is 10.6 Å².